The normalized spacial score (nSPS) is 12.0. The molecule has 0 heterocycles. The highest BCUT2D eigenvalue weighted by molar-refractivity contribution is 6.30. The lowest BCUT2D eigenvalue weighted by atomic mass is 9.90. The molecule has 2 nitrogen and oxygen atoms in total. The molecule has 0 atom stereocenters. The molecule has 3 rings (SSSR count). The summed E-state index contributed by atoms with van der Waals surface area (Å²) < 4.78 is 0. The monoisotopic (exact) mass is 536 g/mol. The number of aliphatic imine (C=N–C) groups is 2. The Morgan fingerprint density at radius 1 is 0.675 bits per heavy atom. The lowest BCUT2D eigenvalue weighted by Gasteiger charge is -2.16. The van der Waals surface area contributed by atoms with Gasteiger partial charge >= 0.3 is 0 Å². The minimum Gasteiger partial charge on any atom is -0.255 e. The minimum atomic E-state index is 0.930. The average Bonchev–Trinajstić information content (AvgIpc) is 2.97. The van der Waals surface area contributed by atoms with Gasteiger partial charge in [-0.1, -0.05) is 90.1 Å². The van der Waals surface area contributed by atoms with Crippen molar-refractivity contribution < 1.29 is 0 Å². The minimum absolute atomic E-state index is 0.930. The zero-order valence-electron chi connectivity index (χ0n) is 26.2. The van der Waals surface area contributed by atoms with E-state index in [-0.39, 0.29) is 0 Å². The molecule has 0 bridgehead atoms. The molecule has 0 amide bonds. The number of benzene rings is 3. The molecule has 0 saturated heterocycles. The van der Waals surface area contributed by atoms with E-state index in [1.807, 2.05) is 6.21 Å². The highest BCUT2D eigenvalue weighted by Gasteiger charge is 2.12. The van der Waals surface area contributed by atoms with Gasteiger partial charge in [-0.15, -0.1) is 0 Å². The SMILES string of the molecule is CCCCCCc1cc(N=CC(C)=Nc2cc(CC)c(CCCC)c(-c3ccccc3)c2)cc(C)c1CCCC. The lowest BCUT2D eigenvalue weighted by molar-refractivity contribution is 0.662. The zero-order chi connectivity index (χ0) is 28.7. The maximum Gasteiger partial charge on any atom is 0.0642 e. The maximum atomic E-state index is 5.03. The Labute approximate surface area is 245 Å². The topological polar surface area (TPSA) is 24.7 Å². The lowest BCUT2D eigenvalue weighted by Crippen LogP contribution is -2.00. The van der Waals surface area contributed by atoms with Gasteiger partial charge in [-0.2, -0.15) is 0 Å². The zero-order valence-corrected chi connectivity index (χ0v) is 26.2. The first-order chi connectivity index (χ1) is 19.5. The molecule has 0 aliphatic carbocycles. The third-order valence-electron chi connectivity index (χ3n) is 7.91. The van der Waals surface area contributed by atoms with Crippen LogP contribution in [0.15, 0.2) is 64.6 Å². The number of hydrogen-bond acceptors (Lipinski definition) is 2. The molecular weight excluding hydrogens is 484 g/mol. The standard InChI is InChI=1S/C38H52N2/c1-7-11-14-16-21-33-26-34(24-29(5)36(33)22-12-8-2)39-28-30(6)40-35-25-31(10-4)37(23-13-9-3)38(27-35)32-19-17-15-18-20-32/h15,17-20,24-28H,7-14,16,21-23H2,1-6H3. The first kappa shape index (κ1) is 31.5. The molecule has 0 radical (unpaired) electrons. The third kappa shape index (κ3) is 9.29. The maximum absolute atomic E-state index is 5.03. The van der Waals surface area contributed by atoms with Gasteiger partial charge in [0, 0.05) is 6.21 Å². The van der Waals surface area contributed by atoms with Gasteiger partial charge < -0.3 is 0 Å². The van der Waals surface area contributed by atoms with Crippen LogP contribution in [0.4, 0.5) is 11.4 Å². The average molecular weight is 537 g/mol. The van der Waals surface area contributed by atoms with Crippen molar-refractivity contribution in [2.45, 2.75) is 119 Å². The Kier molecular flexibility index (Phi) is 13.4. The van der Waals surface area contributed by atoms with Crippen LogP contribution in [0, 0.1) is 6.92 Å². The second-order valence-electron chi connectivity index (χ2n) is 11.3. The Morgan fingerprint density at radius 3 is 2.02 bits per heavy atom. The molecule has 0 aliphatic heterocycles. The Balaban J connectivity index is 1.91. The van der Waals surface area contributed by atoms with Crippen LogP contribution >= 0.6 is 0 Å². The molecule has 0 aliphatic rings. The summed E-state index contributed by atoms with van der Waals surface area (Å²) >= 11 is 0. The fourth-order valence-electron chi connectivity index (χ4n) is 5.64. The molecule has 0 fully saturated rings. The first-order valence-electron chi connectivity index (χ1n) is 15.9. The van der Waals surface area contributed by atoms with E-state index in [0.29, 0.717) is 0 Å². The third-order valence-corrected chi connectivity index (χ3v) is 7.91. The highest BCUT2D eigenvalue weighted by atomic mass is 14.8. The van der Waals surface area contributed by atoms with Gasteiger partial charge in [-0.05, 0) is 122 Å². The van der Waals surface area contributed by atoms with Crippen molar-refractivity contribution in [1.82, 2.24) is 0 Å². The highest BCUT2D eigenvalue weighted by Crippen LogP contribution is 2.33. The predicted octanol–water partition coefficient (Wildman–Crippen LogP) is 11.5. The van der Waals surface area contributed by atoms with Crippen molar-refractivity contribution >= 4 is 23.3 Å². The van der Waals surface area contributed by atoms with Crippen LogP contribution < -0.4 is 0 Å². The van der Waals surface area contributed by atoms with Gasteiger partial charge in [0.15, 0.2) is 0 Å². The largest absolute Gasteiger partial charge is 0.255 e. The van der Waals surface area contributed by atoms with Crippen molar-refractivity contribution in [2.75, 3.05) is 0 Å². The molecular formula is C38H52N2. The molecule has 2 heteroatoms. The number of hydrogen-bond donors (Lipinski definition) is 0. The molecule has 0 unspecified atom stereocenters. The summed E-state index contributed by atoms with van der Waals surface area (Å²) in [7, 11) is 0. The van der Waals surface area contributed by atoms with E-state index < -0.39 is 0 Å². The van der Waals surface area contributed by atoms with E-state index in [2.05, 4.69) is 96.1 Å². The van der Waals surface area contributed by atoms with Gasteiger partial charge in [0.1, 0.15) is 0 Å². The van der Waals surface area contributed by atoms with Crippen molar-refractivity contribution in [3.05, 3.63) is 82.4 Å². The van der Waals surface area contributed by atoms with Crippen LogP contribution in [-0.4, -0.2) is 11.9 Å². The van der Waals surface area contributed by atoms with Crippen molar-refractivity contribution in [3.8, 4) is 11.1 Å². The second kappa shape index (κ2) is 17.0. The molecule has 0 saturated carbocycles. The Hall–Kier alpha value is -3.00. The summed E-state index contributed by atoms with van der Waals surface area (Å²) in [6, 6.07) is 19.9. The molecule has 3 aromatic carbocycles. The number of unbranched alkanes of at least 4 members (excludes halogenated alkanes) is 5. The van der Waals surface area contributed by atoms with E-state index in [1.54, 1.807) is 5.56 Å². The smallest absolute Gasteiger partial charge is 0.0642 e. The van der Waals surface area contributed by atoms with Crippen molar-refractivity contribution in [1.29, 1.82) is 0 Å². The second-order valence-corrected chi connectivity index (χ2v) is 11.3. The molecule has 0 aromatic heterocycles. The van der Waals surface area contributed by atoms with E-state index in [1.165, 1.54) is 91.2 Å². The van der Waals surface area contributed by atoms with Crippen LogP contribution in [0.5, 0.6) is 0 Å². The fraction of sp³-hybridized carbons (Fsp3) is 0.474. The summed E-state index contributed by atoms with van der Waals surface area (Å²) in [5.74, 6) is 0. The summed E-state index contributed by atoms with van der Waals surface area (Å²) in [6.07, 6.45) is 16.5. The van der Waals surface area contributed by atoms with E-state index in [0.717, 1.165) is 36.3 Å². The van der Waals surface area contributed by atoms with Gasteiger partial charge in [-0.25, -0.2) is 0 Å². The summed E-state index contributed by atoms with van der Waals surface area (Å²) in [5, 5.41) is 0. The Morgan fingerprint density at radius 2 is 1.35 bits per heavy atom. The molecule has 0 spiro atoms. The predicted molar refractivity (Wildman–Crippen MR) is 178 cm³/mol. The van der Waals surface area contributed by atoms with Crippen LogP contribution in [0.25, 0.3) is 11.1 Å². The van der Waals surface area contributed by atoms with Gasteiger partial charge in [0.05, 0.1) is 17.1 Å². The van der Waals surface area contributed by atoms with Gasteiger partial charge in [0.25, 0.3) is 0 Å². The van der Waals surface area contributed by atoms with Crippen molar-refractivity contribution in [2.24, 2.45) is 9.98 Å². The van der Waals surface area contributed by atoms with Gasteiger partial charge in [-0.3, -0.25) is 9.98 Å². The van der Waals surface area contributed by atoms with Crippen LogP contribution in [-0.2, 0) is 25.7 Å². The fourth-order valence-corrected chi connectivity index (χ4v) is 5.64. The molecule has 3 aromatic rings. The summed E-state index contributed by atoms with van der Waals surface area (Å²) in [5.41, 5.74) is 12.9. The molecule has 214 valence electrons. The van der Waals surface area contributed by atoms with E-state index in [4.69, 9.17) is 9.98 Å². The number of aryl methyl sites for hydroxylation is 3. The molecule has 0 N–H and O–H groups in total. The first-order valence-corrected chi connectivity index (χ1v) is 15.9. The summed E-state index contributed by atoms with van der Waals surface area (Å²) in [6.45, 7) is 13.4. The van der Waals surface area contributed by atoms with Crippen LogP contribution in [0.3, 0.4) is 0 Å². The van der Waals surface area contributed by atoms with E-state index >= 15 is 0 Å². The number of nitrogens with zero attached hydrogens (tertiary/aromatic N) is 2. The van der Waals surface area contributed by atoms with Crippen LogP contribution in [0.2, 0.25) is 0 Å². The van der Waals surface area contributed by atoms with Gasteiger partial charge in [0.2, 0.25) is 0 Å². The number of rotatable bonds is 16. The molecule has 40 heavy (non-hydrogen) atoms. The van der Waals surface area contributed by atoms with Crippen molar-refractivity contribution in [3.63, 3.8) is 0 Å². The quantitative estimate of drug-likeness (QED) is 0.128. The van der Waals surface area contributed by atoms with Crippen LogP contribution in [0.1, 0.15) is 114 Å². The summed E-state index contributed by atoms with van der Waals surface area (Å²) in [4.78, 5) is 9.95. The Bertz CT molecular complexity index is 1250. The van der Waals surface area contributed by atoms with E-state index in [9.17, 15) is 0 Å².